The molecule has 0 saturated carbocycles. The zero-order chi connectivity index (χ0) is 15.7. The van der Waals surface area contributed by atoms with E-state index >= 15 is 0 Å². The summed E-state index contributed by atoms with van der Waals surface area (Å²) in [4.78, 5) is 0. The third-order valence-electron chi connectivity index (χ3n) is 3.34. The Hall–Kier alpha value is -1.36. The quantitative estimate of drug-likeness (QED) is 0.367. The van der Waals surface area contributed by atoms with Crippen LogP contribution in [0.5, 0.6) is 5.75 Å². The summed E-state index contributed by atoms with van der Waals surface area (Å²) >= 11 is 0. The van der Waals surface area contributed by atoms with E-state index in [1.165, 1.54) is 37.8 Å². The van der Waals surface area contributed by atoms with E-state index in [-0.39, 0.29) is 23.7 Å². The largest absolute Gasteiger partial charge is 0.490 e. The smallest absolute Gasteiger partial charge is 0.201 e. The van der Waals surface area contributed by atoms with Crippen LogP contribution in [-0.2, 0) is 0 Å². The molecule has 1 aromatic rings. The Labute approximate surface area is 137 Å². The number of nitrogen functional groups attached to an aromatic ring is 1. The van der Waals surface area contributed by atoms with Crippen molar-refractivity contribution in [1.82, 2.24) is 0 Å². The second kappa shape index (κ2) is 11.2. The van der Waals surface area contributed by atoms with E-state index in [1.807, 2.05) is 0 Å². The molecular formula is C16H25ClF2N2O. The molecule has 1 aromatic carbocycles. The van der Waals surface area contributed by atoms with Gasteiger partial charge in [-0.2, -0.15) is 4.39 Å². The molecule has 0 saturated heterocycles. The third kappa shape index (κ3) is 6.60. The molecule has 0 fully saturated rings. The molecule has 0 amide bonds. The van der Waals surface area contributed by atoms with Crippen LogP contribution < -0.4 is 10.5 Å². The fourth-order valence-electron chi connectivity index (χ4n) is 2.09. The molecule has 0 heterocycles. The molecule has 0 atom stereocenters. The molecule has 3 nitrogen and oxygen atoms in total. The van der Waals surface area contributed by atoms with E-state index in [0.29, 0.717) is 6.61 Å². The van der Waals surface area contributed by atoms with Gasteiger partial charge in [0, 0.05) is 0 Å². The van der Waals surface area contributed by atoms with Crippen LogP contribution in [0.25, 0.3) is 0 Å². The number of benzene rings is 1. The van der Waals surface area contributed by atoms with Crippen LogP contribution in [0.2, 0.25) is 0 Å². The zero-order valence-electron chi connectivity index (χ0n) is 13.0. The Morgan fingerprint density at radius 1 is 1.05 bits per heavy atom. The van der Waals surface area contributed by atoms with Gasteiger partial charge >= 0.3 is 0 Å². The van der Waals surface area contributed by atoms with E-state index < -0.39 is 17.5 Å². The summed E-state index contributed by atoms with van der Waals surface area (Å²) in [5.41, 5.74) is 4.92. The average molecular weight is 335 g/mol. The standard InChI is InChI=1S/C16H24F2N2O.ClH/c1-2-3-4-5-6-7-8-11-21-13-10-9-12(16(19)20)14(17)15(13)18;/h9-10H,2-8,11H2,1H3,(H3,19,20);1H. The summed E-state index contributed by atoms with van der Waals surface area (Å²) in [6.07, 6.45) is 7.95. The summed E-state index contributed by atoms with van der Waals surface area (Å²) in [6.45, 7) is 2.54. The first-order valence-electron chi connectivity index (χ1n) is 7.53. The summed E-state index contributed by atoms with van der Waals surface area (Å²) in [5, 5.41) is 7.14. The molecule has 0 aliphatic rings. The molecule has 0 aliphatic heterocycles. The van der Waals surface area contributed by atoms with Crippen molar-refractivity contribution in [2.45, 2.75) is 51.9 Å². The fraction of sp³-hybridized carbons (Fsp3) is 0.562. The SMILES string of the molecule is CCCCCCCCCOc1ccc(C(=N)N)c(F)c1F.Cl. The van der Waals surface area contributed by atoms with Crippen molar-refractivity contribution in [3.8, 4) is 5.75 Å². The summed E-state index contributed by atoms with van der Waals surface area (Å²) in [7, 11) is 0. The normalized spacial score (nSPS) is 10.1. The highest BCUT2D eigenvalue weighted by Gasteiger charge is 2.15. The molecule has 0 bridgehead atoms. The van der Waals surface area contributed by atoms with Crippen LogP contribution in [0.15, 0.2) is 12.1 Å². The molecule has 0 spiro atoms. The molecule has 6 heteroatoms. The summed E-state index contributed by atoms with van der Waals surface area (Å²) < 4.78 is 32.5. The molecule has 3 N–H and O–H groups in total. The zero-order valence-corrected chi connectivity index (χ0v) is 13.8. The molecule has 0 radical (unpaired) electrons. The van der Waals surface area contributed by atoms with Gasteiger partial charge in [0.15, 0.2) is 11.6 Å². The number of hydrogen-bond acceptors (Lipinski definition) is 2. The first-order chi connectivity index (χ1) is 10.1. The van der Waals surface area contributed by atoms with Gasteiger partial charge in [-0.15, -0.1) is 12.4 Å². The molecule has 0 aliphatic carbocycles. The maximum absolute atomic E-state index is 13.7. The lowest BCUT2D eigenvalue weighted by Gasteiger charge is -2.09. The number of rotatable bonds is 10. The van der Waals surface area contributed by atoms with Crippen LogP contribution in [0.1, 0.15) is 57.4 Å². The van der Waals surface area contributed by atoms with Gasteiger partial charge in [0.1, 0.15) is 5.84 Å². The highest BCUT2D eigenvalue weighted by atomic mass is 35.5. The highest BCUT2D eigenvalue weighted by molar-refractivity contribution is 5.95. The maximum Gasteiger partial charge on any atom is 0.201 e. The highest BCUT2D eigenvalue weighted by Crippen LogP contribution is 2.22. The third-order valence-corrected chi connectivity index (χ3v) is 3.34. The maximum atomic E-state index is 13.7. The lowest BCUT2D eigenvalue weighted by molar-refractivity contribution is 0.284. The molecule has 0 unspecified atom stereocenters. The van der Waals surface area contributed by atoms with Crippen LogP contribution in [-0.4, -0.2) is 12.4 Å². The Morgan fingerprint density at radius 2 is 1.64 bits per heavy atom. The van der Waals surface area contributed by atoms with Crippen LogP contribution in [0.4, 0.5) is 8.78 Å². The summed E-state index contributed by atoms with van der Waals surface area (Å²) in [6, 6.07) is 2.58. The second-order valence-electron chi connectivity index (χ2n) is 5.12. The number of unbranched alkanes of at least 4 members (excludes halogenated alkanes) is 6. The van der Waals surface area contributed by atoms with Crippen molar-refractivity contribution in [2.24, 2.45) is 5.73 Å². The first kappa shape index (κ1) is 20.6. The minimum absolute atomic E-state index is 0. The number of hydrogen-bond donors (Lipinski definition) is 2. The predicted molar refractivity (Wildman–Crippen MR) is 88.1 cm³/mol. The van der Waals surface area contributed by atoms with Crippen LogP contribution >= 0.6 is 12.4 Å². The minimum Gasteiger partial charge on any atom is -0.490 e. The molecule has 22 heavy (non-hydrogen) atoms. The number of nitrogens with one attached hydrogen (secondary N) is 1. The number of halogens is 3. The molecule has 1 rings (SSSR count). The Balaban J connectivity index is 0.00000441. The van der Waals surface area contributed by atoms with Gasteiger partial charge in [-0.05, 0) is 18.6 Å². The molecule has 126 valence electrons. The van der Waals surface area contributed by atoms with Crippen molar-refractivity contribution in [2.75, 3.05) is 6.61 Å². The van der Waals surface area contributed by atoms with E-state index in [2.05, 4.69) is 6.92 Å². The van der Waals surface area contributed by atoms with E-state index in [4.69, 9.17) is 15.9 Å². The predicted octanol–water partition coefficient (Wildman–Crippen LogP) is 4.80. The van der Waals surface area contributed by atoms with Gasteiger partial charge in [-0.25, -0.2) is 4.39 Å². The van der Waals surface area contributed by atoms with Gasteiger partial charge in [0.25, 0.3) is 0 Å². The van der Waals surface area contributed by atoms with Crippen molar-refractivity contribution in [3.05, 3.63) is 29.3 Å². The topological polar surface area (TPSA) is 59.1 Å². The van der Waals surface area contributed by atoms with Gasteiger partial charge in [-0.1, -0.05) is 45.4 Å². The first-order valence-corrected chi connectivity index (χ1v) is 7.53. The Morgan fingerprint density at radius 3 is 2.23 bits per heavy atom. The van der Waals surface area contributed by atoms with E-state index in [1.54, 1.807) is 0 Å². The molecular weight excluding hydrogens is 310 g/mol. The van der Waals surface area contributed by atoms with Crippen molar-refractivity contribution >= 4 is 18.2 Å². The van der Waals surface area contributed by atoms with Crippen LogP contribution in [0, 0.1) is 17.0 Å². The van der Waals surface area contributed by atoms with Gasteiger partial charge in [-0.3, -0.25) is 5.41 Å². The number of amidine groups is 1. The van der Waals surface area contributed by atoms with Gasteiger partial charge in [0.05, 0.1) is 12.2 Å². The lowest BCUT2D eigenvalue weighted by atomic mass is 10.1. The monoisotopic (exact) mass is 334 g/mol. The summed E-state index contributed by atoms with van der Waals surface area (Å²) in [5.74, 6) is -2.82. The average Bonchev–Trinajstić information content (AvgIpc) is 2.45. The lowest BCUT2D eigenvalue weighted by Crippen LogP contribution is -2.14. The van der Waals surface area contributed by atoms with Gasteiger partial charge < -0.3 is 10.5 Å². The Kier molecular flexibility index (Phi) is 10.5. The van der Waals surface area contributed by atoms with Crippen molar-refractivity contribution in [3.63, 3.8) is 0 Å². The van der Waals surface area contributed by atoms with E-state index in [9.17, 15) is 8.78 Å². The number of ether oxygens (including phenoxy) is 1. The fourth-order valence-corrected chi connectivity index (χ4v) is 2.09. The Bertz CT molecular complexity index is 470. The number of nitrogens with two attached hydrogens (primary N) is 1. The minimum atomic E-state index is -1.13. The molecule has 0 aromatic heterocycles. The van der Waals surface area contributed by atoms with E-state index in [0.717, 1.165) is 19.3 Å². The van der Waals surface area contributed by atoms with Crippen molar-refractivity contribution in [1.29, 1.82) is 5.41 Å². The van der Waals surface area contributed by atoms with Crippen LogP contribution in [0.3, 0.4) is 0 Å². The second-order valence-corrected chi connectivity index (χ2v) is 5.12. The van der Waals surface area contributed by atoms with Gasteiger partial charge in [0.2, 0.25) is 5.82 Å². The van der Waals surface area contributed by atoms with Crippen molar-refractivity contribution < 1.29 is 13.5 Å².